The van der Waals surface area contributed by atoms with E-state index in [0.29, 0.717) is 12.0 Å². The highest BCUT2D eigenvalue weighted by Gasteiger charge is 2.24. The standard InChI is InChI=1S/C16H29N5/c1-5-15-12-21(7-6-20(15)4)16-18-10-14(11-19-16)9-17-8-13(2)3/h10-11,13,15,17H,5-9,12H2,1-4H3. The lowest BCUT2D eigenvalue weighted by molar-refractivity contribution is 0.212. The highest BCUT2D eigenvalue weighted by Crippen LogP contribution is 2.15. The van der Waals surface area contributed by atoms with E-state index in [9.17, 15) is 0 Å². The van der Waals surface area contributed by atoms with Gasteiger partial charge in [0, 0.05) is 50.2 Å². The van der Waals surface area contributed by atoms with Crippen molar-refractivity contribution in [3.63, 3.8) is 0 Å². The largest absolute Gasteiger partial charge is 0.338 e. The van der Waals surface area contributed by atoms with Crippen LogP contribution < -0.4 is 10.2 Å². The summed E-state index contributed by atoms with van der Waals surface area (Å²) in [5.41, 5.74) is 1.15. The molecular formula is C16H29N5. The molecule has 118 valence electrons. The number of nitrogens with one attached hydrogen (secondary N) is 1. The molecule has 0 bridgehead atoms. The van der Waals surface area contributed by atoms with Crippen LogP contribution in [0.2, 0.25) is 0 Å². The minimum absolute atomic E-state index is 0.606. The Morgan fingerprint density at radius 2 is 2.00 bits per heavy atom. The Hall–Kier alpha value is -1.20. The molecule has 1 aromatic rings. The number of rotatable bonds is 6. The van der Waals surface area contributed by atoms with Gasteiger partial charge in [-0.2, -0.15) is 0 Å². The maximum absolute atomic E-state index is 4.55. The zero-order valence-electron chi connectivity index (χ0n) is 13.8. The van der Waals surface area contributed by atoms with Gasteiger partial charge in [-0.1, -0.05) is 20.8 Å². The molecule has 21 heavy (non-hydrogen) atoms. The average molecular weight is 291 g/mol. The second-order valence-corrected chi connectivity index (χ2v) is 6.40. The van der Waals surface area contributed by atoms with Crippen molar-refractivity contribution < 1.29 is 0 Å². The van der Waals surface area contributed by atoms with Gasteiger partial charge in [-0.05, 0) is 25.9 Å². The molecule has 0 radical (unpaired) electrons. The monoisotopic (exact) mass is 291 g/mol. The summed E-state index contributed by atoms with van der Waals surface area (Å²) >= 11 is 0. The van der Waals surface area contributed by atoms with Crippen LogP contribution in [0.5, 0.6) is 0 Å². The number of aromatic nitrogens is 2. The Balaban J connectivity index is 1.89. The van der Waals surface area contributed by atoms with Crippen LogP contribution in [-0.2, 0) is 6.54 Å². The van der Waals surface area contributed by atoms with Gasteiger partial charge in [0.2, 0.25) is 5.95 Å². The lowest BCUT2D eigenvalue weighted by Gasteiger charge is -2.39. The Morgan fingerprint density at radius 3 is 2.62 bits per heavy atom. The normalized spacial score (nSPS) is 20.2. The second kappa shape index (κ2) is 7.71. The van der Waals surface area contributed by atoms with E-state index in [2.05, 4.69) is 52.9 Å². The summed E-state index contributed by atoms with van der Waals surface area (Å²) in [6.45, 7) is 11.7. The van der Waals surface area contributed by atoms with Crippen LogP contribution in [-0.4, -0.2) is 54.1 Å². The van der Waals surface area contributed by atoms with Crippen LogP contribution in [0.15, 0.2) is 12.4 Å². The van der Waals surface area contributed by atoms with E-state index >= 15 is 0 Å². The third-order valence-corrected chi connectivity index (χ3v) is 4.10. The molecule has 1 N–H and O–H groups in total. The first kappa shape index (κ1) is 16.2. The predicted molar refractivity (Wildman–Crippen MR) is 87.5 cm³/mol. The lowest BCUT2D eigenvalue weighted by atomic mass is 10.1. The second-order valence-electron chi connectivity index (χ2n) is 6.40. The van der Waals surface area contributed by atoms with Gasteiger partial charge in [0.1, 0.15) is 0 Å². The molecule has 0 aliphatic carbocycles. The van der Waals surface area contributed by atoms with Gasteiger partial charge in [0.25, 0.3) is 0 Å². The number of piperazine rings is 1. The molecule has 1 fully saturated rings. The molecule has 0 amide bonds. The predicted octanol–water partition coefficient (Wildman–Crippen LogP) is 1.75. The van der Waals surface area contributed by atoms with E-state index in [4.69, 9.17) is 0 Å². The van der Waals surface area contributed by atoms with Crippen LogP contribution >= 0.6 is 0 Å². The summed E-state index contributed by atoms with van der Waals surface area (Å²) in [6, 6.07) is 0.606. The maximum atomic E-state index is 4.55. The van der Waals surface area contributed by atoms with Crippen molar-refractivity contribution in [2.24, 2.45) is 5.92 Å². The Labute approximate surface area is 128 Å². The molecule has 1 aliphatic heterocycles. The minimum atomic E-state index is 0.606. The molecule has 0 saturated carbocycles. The smallest absolute Gasteiger partial charge is 0.225 e. The fourth-order valence-electron chi connectivity index (χ4n) is 2.68. The van der Waals surface area contributed by atoms with Crippen molar-refractivity contribution in [3.05, 3.63) is 18.0 Å². The van der Waals surface area contributed by atoms with Crippen molar-refractivity contribution in [2.45, 2.75) is 39.8 Å². The van der Waals surface area contributed by atoms with E-state index in [1.807, 2.05) is 12.4 Å². The zero-order valence-corrected chi connectivity index (χ0v) is 13.8. The van der Waals surface area contributed by atoms with Crippen LogP contribution in [0.3, 0.4) is 0 Å². The van der Waals surface area contributed by atoms with Crippen molar-refractivity contribution in [2.75, 3.05) is 38.1 Å². The van der Waals surface area contributed by atoms with Gasteiger partial charge in [-0.15, -0.1) is 0 Å². The molecule has 2 rings (SSSR count). The molecule has 1 aliphatic rings. The molecule has 1 unspecified atom stereocenters. The fourth-order valence-corrected chi connectivity index (χ4v) is 2.68. The Kier molecular flexibility index (Phi) is 5.94. The first-order valence-corrected chi connectivity index (χ1v) is 8.07. The number of nitrogens with zero attached hydrogens (tertiary/aromatic N) is 4. The van der Waals surface area contributed by atoms with Crippen LogP contribution in [0.25, 0.3) is 0 Å². The number of anilines is 1. The molecule has 1 aromatic heterocycles. The van der Waals surface area contributed by atoms with E-state index in [0.717, 1.165) is 44.2 Å². The molecule has 0 aromatic carbocycles. The summed E-state index contributed by atoms with van der Waals surface area (Å²) in [4.78, 5) is 13.8. The third kappa shape index (κ3) is 4.64. The molecule has 2 heterocycles. The highest BCUT2D eigenvalue weighted by molar-refractivity contribution is 5.31. The topological polar surface area (TPSA) is 44.3 Å². The Bertz CT molecular complexity index is 417. The summed E-state index contributed by atoms with van der Waals surface area (Å²) in [6.07, 6.45) is 5.08. The number of hydrogen-bond acceptors (Lipinski definition) is 5. The first-order valence-electron chi connectivity index (χ1n) is 8.07. The van der Waals surface area contributed by atoms with Crippen molar-refractivity contribution in [1.82, 2.24) is 20.2 Å². The van der Waals surface area contributed by atoms with Crippen molar-refractivity contribution in [3.8, 4) is 0 Å². The number of hydrogen-bond donors (Lipinski definition) is 1. The van der Waals surface area contributed by atoms with Gasteiger partial charge in [-0.25, -0.2) is 9.97 Å². The summed E-state index contributed by atoms with van der Waals surface area (Å²) in [5, 5.41) is 3.42. The van der Waals surface area contributed by atoms with Gasteiger partial charge >= 0.3 is 0 Å². The highest BCUT2D eigenvalue weighted by atomic mass is 15.3. The lowest BCUT2D eigenvalue weighted by Crippen LogP contribution is -2.51. The maximum Gasteiger partial charge on any atom is 0.225 e. The van der Waals surface area contributed by atoms with Crippen molar-refractivity contribution in [1.29, 1.82) is 0 Å². The zero-order chi connectivity index (χ0) is 15.2. The summed E-state index contributed by atoms with van der Waals surface area (Å²) in [7, 11) is 2.20. The fraction of sp³-hybridized carbons (Fsp3) is 0.750. The molecular weight excluding hydrogens is 262 g/mol. The third-order valence-electron chi connectivity index (χ3n) is 4.10. The van der Waals surface area contributed by atoms with Gasteiger partial charge in [-0.3, -0.25) is 4.90 Å². The van der Waals surface area contributed by atoms with E-state index < -0.39 is 0 Å². The van der Waals surface area contributed by atoms with E-state index in [1.54, 1.807) is 0 Å². The summed E-state index contributed by atoms with van der Waals surface area (Å²) in [5.74, 6) is 1.54. The van der Waals surface area contributed by atoms with Gasteiger partial charge in [0.05, 0.1) is 0 Å². The average Bonchev–Trinajstić information content (AvgIpc) is 2.48. The molecule has 1 atom stereocenters. The van der Waals surface area contributed by atoms with E-state index in [-0.39, 0.29) is 0 Å². The quantitative estimate of drug-likeness (QED) is 0.865. The molecule has 5 nitrogen and oxygen atoms in total. The van der Waals surface area contributed by atoms with Crippen LogP contribution in [0, 0.1) is 5.92 Å². The van der Waals surface area contributed by atoms with Crippen LogP contribution in [0.4, 0.5) is 5.95 Å². The van der Waals surface area contributed by atoms with E-state index in [1.165, 1.54) is 6.42 Å². The van der Waals surface area contributed by atoms with Gasteiger partial charge in [0.15, 0.2) is 0 Å². The van der Waals surface area contributed by atoms with Gasteiger partial charge < -0.3 is 10.2 Å². The summed E-state index contributed by atoms with van der Waals surface area (Å²) < 4.78 is 0. The SMILES string of the molecule is CCC1CN(c2ncc(CNCC(C)C)cn2)CCN1C. The van der Waals surface area contributed by atoms with Crippen LogP contribution in [0.1, 0.15) is 32.8 Å². The molecule has 5 heteroatoms. The minimum Gasteiger partial charge on any atom is -0.338 e. The molecule has 0 spiro atoms. The first-order chi connectivity index (χ1) is 10.1. The number of likely N-dealkylation sites (N-methyl/N-ethyl adjacent to an activating group) is 1. The van der Waals surface area contributed by atoms with Crippen molar-refractivity contribution >= 4 is 5.95 Å². The Morgan fingerprint density at radius 1 is 1.29 bits per heavy atom. The molecule has 1 saturated heterocycles.